The van der Waals surface area contributed by atoms with E-state index < -0.39 is 9.84 Å². The Labute approximate surface area is 184 Å². The zero-order valence-corrected chi connectivity index (χ0v) is 18.9. The van der Waals surface area contributed by atoms with Gasteiger partial charge in [-0.2, -0.15) is 0 Å². The van der Waals surface area contributed by atoms with E-state index in [1.807, 2.05) is 0 Å². The van der Waals surface area contributed by atoms with Gasteiger partial charge in [0.2, 0.25) is 5.91 Å². The quantitative estimate of drug-likeness (QED) is 0.483. The van der Waals surface area contributed by atoms with Gasteiger partial charge in [0.25, 0.3) is 0 Å². The Balaban J connectivity index is 1.63. The molecule has 0 atom stereocenters. The lowest BCUT2D eigenvalue weighted by Crippen LogP contribution is -2.15. The van der Waals surface area contributed by atoms with Crippen molar-refractivity contribution in [3.63, 3.8) is 0 Å². The fourth-order valence-electron chi connectivity index (χ4n) is 2.70. The molecule has 2 aromatic carbocycles. The van der Waals surface area contributed by atoms with E-state index in [2.05, 4.69) is 15.5 Å². The maximum atomic E-state index is 12.6. The summed E-state index contributed by atoms with van der Waals surface area (Å²) in [5, 5.41) is 11.2. The van der Waals surface area contributed by atoms with Crippen LogP contribution in [-0.4, -0.2) is 49.1 Å². The van der Waals surface area contributed by atoms with Crippen LogP contribution in [0.5, 0.6) is 11.5 Å². The number of methoxy groups -OCH3 is 2. The molecule has 1 aromatic heterocycles. The summed E-state index contributed by atoms with van der Waals surface area (Å²) in [6.07, 6.45) is 0. The second kappa shape index (κ2) is 9.84. The Hall–Kier alpha value is -3.05. The van der Waals surface area contributed by atoms with Gasteiger partial charge in [-0.3, -0.25) is 4.79 Å². The third-order valence-electron chi connectivity index (χ3n) is 4.36. The first-order valence-electron chi connectivity index (χ1n) is 9.15. The average Bonchev–Trinajstić information content (AvgIpc) is 3.11. The van der Waals surface area contributed by atoms with Crippen LogP contribution in [0, 0.1) is 0 Å². The molecule has 0 aliphatic rings. The molecule has 0 spiro atoms. The van der Waals surface area contributed by atoms with Gasteiger partial charge in [-0.05, 0) is 24.3 Å². The minimum atomic E-state index is -3.54. The second-order valence-electron chi connectivity index (χ2n) is 6.43. The maximum absolute atomic E-state index is 12.6. The van der Waals surface area contributed by atoms with Gasteiger partial charge in [0, 0.05) is 13.1 Å². The topological polar surface area (TPSA) is 112 Å². The van der Waals surface area contributed by atoms with E-state index >= 15 is 0 Å². The van der Waals surface area contributed by atoms with E-state index in [9.17, 15) is 13.2 Å². The van der Waals surface area contributed by atoms with Crippen LogP contribution in [0.4, 0.5) is 5.69 Å². The molecule has 31 heavy (non-hydrogen) atoms. The van der Waals surface area contributed by atoms with Crippen LogP contribution < -0.4 is 14.8 Å². The van der Waals surface area contributed by atoms with E-state index in [0.29, 0.717) is 28.2 Å². The minimum Gasteiger partial charge on any atom is -0.497 e. The van der Waals surface area contributed by atoms with Gasteiger partial charge in [0.05, 0.1) is 30.6 Å². The molecular formula is C20H22N4O5S2. The lowest BCUT2D eigenvalue weighted by atomic mass is 10.2. The molecule has 0 saturated carbocycles. The summed E-state index contributed by atoms with van der Waals surface area (Å²) in [6.45, 7) is 0. The number of anilines is 1. The highest BCUT2D eigenvalue weighted by molar-refractivity contribution is 7.99. The van der Waals surface area contributed by atoms with Crippen molar-refractivity contribution in [3.8, 4) is 11.5 Å². The summed E-state index contributed by atoms with van der Waals surface area (Å²) in [5.41, 5.74) is 0.515. The molecule has 0 aliphatic heterocycles. The number of rotatable bonds is 9. The highest BCUT2D eigenvalue weighted by Crippen LogP contribution is 2.29. The minimum absolute atomic E-state index is 0.0621. The molecule has 0 aliphatic carbocycles. The van der Waals surface area contributed by atoms with Crippen LogP contribution in [0.3, 0.4) is 0 Å². The molecule has 1 amide bonds. The maximum Gasteiger partial charge on any atom is 0.234 e. The normalized spacial score (nSPS) is 11.2. The number of nitrogens with one attached hydrogen (secondary N) is 1. The molecule has 164 valence electrons. The van der Waals surface area contributed by atoms with Crippen molar-refractivity contribution in [1.82, 2.24) is 14.8 Å². The van der Waals surface area contributed by atoms with Gasteiger partial charge in [-0.15, -0.1) is 10.2 Å². The van der Waals surface area contributed by atoms with Crippen LogP contribution in [-0.2, 0) is 27.4 Å². The Morgan fingerprint density at radius 3 is 2.52 bits per heavy atom. The Kier molecular flexibility index (Phi) is 7.18. The number of carbonyl (C=O) groups excluding carboxylic acids is 1. The van der Waals surface area contributed by atoms with Crippen molar-refractivity contribution < 1.29 is 22.7 Å². The van der Waals surface area contributed by atoms with E-state index in [1.165, 1.54) is 7.11 Å². The Morgan fingerprint density at radius 2 is 1.84 bits per heavy atom. The van der Waals surface area contributed by atoms with Crippen LogP contribution in [0.1, 0.15) is 5.82 Å². The Morgan fingerprint density at radius 1 is 1.10 bits per heavy atom. The largest absolute Gasteiger partial charge is 0.497 e. The molecule has 0 saturated heterocycles. The number of carbonyl (C=O) groups is 1. The fourth-order valence-corrected chi connectivity index (χ4v) is 4.76. The van der Waals surface area contributed by atoms with Crippen molar-refractivity contribution in [2.24, 2.45) is 7.05 Å². The number of benzene rings is 2. The summed E-state index contributed by atoms with van der Waals surface area (Å²) in [4.78, 5) is 12.6. The Bertz CT molecular complexity index is 1160. The SMILES string of the molecule is COc1ccc(NC(=O)CSc2nnc(CS(=O)(=O)c3ccccc3)n2C)c(OC)c1. The molecule has 3 aromatic rings. The highest BCUT2D eigenvalue weighted by atomic mass is 32.2. The van der Waals surface area contributed by atoms with E-state index in [-0.39, 0.29) is 22.3 Å². The van der Waals surface area contributed by atoms with Gasteiger partial charge in [0.1, 0.15) is 23.1 Å². The van der Waals surface area contributed by atoms with Crippen molar-refractivity contribution in [2.75, 3.05) is 25.3 Å². The van der Waals surface area contributed by atoms with Gasteiger partial charge in [0.15, 0.2) is 15.0 Å². The summed E-state index contributed by atoms with van der Waals surface area (Å²) < 4.78 is 37.1. The predicted octanol–water partition coefficient (Wildman–Crippen LogP) is 2.54. The number of hydrogen-bond donors (Lipinski definition) is 1. The van der Waals surface area contributed by atoms with E-state index in [1.54, 1.807) is 67.3 Å². The highest BCUT2D eigenvalue weighted by Gasteiger charge is 2.20. The molecule has 11 heteroatoms. The summed E-state index contributed by atoms with van der Waals surface area (Å²) in [7, 11) is 1.17. The molecule has 3 rings (SSSR count). The number of aromatic nitrogens is 3. The fraction of sp³-hybridized carbons (Fsp3) is 0.250. The number of thioether (sulfide) groups is 1. The third kappa shape index (κ3) is 5.56. The van der Waals surface area contributed by atoms with Gasteiger partial charge in [-0.25, -0.2) is 8.42 Å². The lowest BCUT2D eigenvalue weighted by molar-refractivity contribution is -0.113. The summed E-state index contributed by atoms with van der Waals surface area (Å²) >= 11 is 1.16. The zero-order valence-electron chi connectivity index (χ0n) is 17.2. The predicted molar refractivity (Wildman–Crippen MR) is 117 cm³/mol. The molecule has 0 fully saturated rings. The smallest absolute Gasteiger partial charge is 0.234 e. The lowest BCUT2D eigenvalue weighted by Gasteiger charge is -2.11. The molecule has 1 heterocycles. The molecule has 1 N–H and O–H groups in total. The van der Waals surface area contributed by atoms with Crippen LogP contribution in [0.15, 0.2) is 58.6 Å². The van der Waals surface area contributed by atoms with Crippen molar-refractivity contribution in [2.45, 2.75) is 15.8 Å². The number of sulfone groups is 1. The molecule has 0 radical (unpaired) electrons. The average molecular weight is 463 g/mol. The van der Waals surface area contributed by atoms with Crippen molar-refractivity contribution in [3.05, 3.63) is 54.4 Å². The second-order valence-corrected chi connectivity index (χ2v) is 9.37. The summed E-state index contributed by atoms with van der Waals surface area (Å²) in [5.74, 6) is 0.896. The standard InChI is InChI=1S/C20H22N4O5S2/c1-24-18(13-31(26,27)15-7-5-4-6-8-15)22-23-20(24)30-12-19(25)21-16-10-9-14(28-2)11-17(16)29-3/h4-11H,12-13H2,1-3H3,(H,21,25). The van der Waals surface area contributed by atoms with Gasteiger partial charge >= 0.3 is 0 Å². The van der Waals surface area contributed by atoms with Crippen LogP contribution >= 0.6 is 11.8 Å². The number of amides is 1. The van der Waals surface area contributed by atoms with E-state index in [0.717, 1.165) is 11.8 Å². The zero-order chi connectivity index (χ0) is 22.4. The number of hydrogen-bond acceptors (Lipinski definition) is 8. The number of ether oxygens (including phenoxy) is 2. The third-order valence-corrected chi connectivity index (χ3v) is 7.01. The molecule has 0 unspecified atom stereocenters. The molecular weight excluding hydrogens is 440 g/mol. The van der Waals surface area contributed by atoms with Crippen LogP contribution in [0.2, 0.25) is 0 Å². The van der Waals surface area contributed by atoms with Crippen LogP contribution in [0.25, 0.3) is 0 Å². The molecule has 9 nitrogen and oxygen atoms in total. The van der Waals surface area contributed by atoms with Gasteiger partial charge < -0.3 is 19.4 Å². The summed E-state index contributed by atoms with van der Waals surface area (Å²) in [6, 6.07) is 13.2. The monoisotopic (exact) mass is 462 g/mol. The first kappa shape index (κ1) is 22.6. The van der Waals surface area contributed by atoms with E-state index in [4.69, 9.17) is 9.47 Å². The first-order chi connectivity index (χ1) is 14.8. The molecule has 0 bridgehead atoms. The van der Waals surface area contributed by atoms with Gasteiger partial charge in [-0.1, -0.05) is 30.0 Å². The number of nitrogens with zero attached hydrogens (tertiary/aromatic N) is 3. The first-order valence-corrected chi connectivity index (χ1v) is 11.8. The van der Waals surface area contributed by atoms with Crippen molar-refractivity contribution in [1.29, 1.82) is 0 Å². The van der Waals surface area contributed by atoms with Crippen molar-refractivity contribution >= 4 is 33.2 Å².